The van der Waals surface area contributed by atoms with Gasteiger partial charge in [-0.1, -0.05) is 42.5 Å². The second kappa shape index (κ2) is 6.71. The Morgan fingerprint density at radius 3 is 2.32 bits per heavy atom. The Morgan fingerprint density at radius 1 is 0.920 bits per heavy atom. The van der Waals surface area contributed by atoms with E-state index in [-0.39, 0.29) is 23.7 Å². The lowest BCUT2D eigenvalue weighted by Gasteiger charge is -2.37. The van der Waals surface area contributed by atoms with Crippen molar-refractivity contribution in [3.8, 4) is 0 Å². The lowest BCUT2D eigenvalue weighted by molar-refractivity contribution is -0.136. The van der Waals surface area contributed by atoms with Gasteiger partial charge in [0.15, 0.2) is 0 Å². The number of benzene rings is 2. The standard InChI is InChI=1S/C21H22N2O2/c24-20(22-17-7-2-1-3-8-17)15-10-12-23(13-11-15)21(25)19-14-16-6-4-5-9-18(16)19/h1-9,15,19H,10-14H2,(H,22,24)/t19-/m1/s1. The van der Waals surface area contributed by atoms with Crippen molar-refractivity contribution in [1.29, 1.82) is 0 Å². The molecule has 25 heavy (non-hydrogen) atoms. The first kappa shape index (κ1) is 15.9. The Kier molecular flexibility index (Phi) is 4.26. The highest BCUT2D eigenvalue weighted by molar-refractivity contribution is 5.93. The SMILES string of the molecule is O=C(Nc1ccccc1)C1CCN(C(=O)[C@@H]2Cc3ccccc32)CC1. The first-order valence-electron chi connectivity index (χ1n) is 8.95. The third-order valence-electron chi connectivity index (χ3n) is 5.37. The second-order valence-electron chi connectivity index (χ2n) is 6.91. The van der Waals surface area contributed by atoms with Crippen molar-refractivity contribution >= 4 is 17.5 Å². The third kappa shape index (κ3) is 3.16. The summed E-state index contributed by atoms with van der Waals surface area (Å²) < 4.78 is 0. The zero-order chi connectivity index (χ0) is 17.2. The van der Waals surface area contributed by atoms with Crippen LogP contribution < -0.4 is 5.32 Å². The zero-order valence-electron chi connectivity index (χ0n) is 14.2. The molecule has 1 heterocycles. The van der Waals surface area contributed by atoms with Crippen LogP contribution in [0.4, 0.5) is 5.69 Å². The molecule has 0 saturated carbocycles. The van der Waals surface area contributed by atoms with Gasteiger partial charge in [0.25, 0.3) is 0 Å². The molecule has 1 aliphatic carbocycles. The molecule has 4 heteroatoms. The summed E-state index contributed by atoms with van der Waals surface area (Å²) in [4.78, 5) is 27.1. The number of piperidine rings is 1. The van der Waals surface area contributed by atoms with E-state index in [0.29, 0.717) is 13.1 Å². The van der Waals surface area contributed by atoms with Gasteiger partial charge in [0.05, 0.1) is 5.92 Å². The monoisotopic (exact) mass is 334 g/mol. The first-order valence-corrected chi connectivity index (χ1v) is 8.95. The van der Waals surface area contributed by atoms with E-state index in [9.17, 15) is 9.59 Å². The maximum absolute atomic E-state index is 12.7. The smallest absolute Gasteiger partial charge is 0.230 e. The Hall–Kier alpha value is -2.62. The Balaban J connectivity index is 1.31. The molecule has 4 rings (SSSR count). The number of para-hydroxylation sites is 1. The fourth-order valence-electron chi connectivity index (χ4n) is 3.83. The fraction of sp³-hybridized carbons (Fsp3) is 0.333. The van der Waals surface area contributed by atoms with Crippen LogP contribution in [0.15, 0.2) is 54.6 Å². The number of fused-ring (bicyclic) bond motifs is 1. The minimum absolute atomic E-state index is 0.0158. The van der Waals surface area contributed by atoms with E-state index in [2.05, 4.69) is 17.4 Å². The number of carbonyl (C=O) groups is 2. The summed E-state index contributed by atoms with van der Waals surface area (Å²) in [7, 11) is 0. The van der Waals surface area contributed by atoms with Crippen molar-refractivity contribution in [3.63, 3.8) is 0 Å². The molecule has 2 aromatic carbocycles. The second-order valence-corrected chi connectivity index (χ2v) is 6.91. The molecule has 2 amide bonds. The molecule has 1 atom stereocenters. The predicted octanol–water partition coefficient (Wildman–Crippen LogP) is 3.20. The van der Waals surface area contributed by atoms with Crippen LogP contribution >= 0.6 is 0 Å². The number of hydrogen-bond acceptors (Lipinski definition) is 2. The van der Waals surface area contributed by atoms with Crippen LogP contribution in [0.2, 0.25) is 0 Å². The quantitative estimate of drug-likeness (QED) is 0.937. The first-order chi connectivity index (χ1) is 12.2. The molecule has 0 spiro atoms. The maximum atomic E-state index is 12.7. The molecular weight excluding hydrogens is 312 g/mol. The van der Waals surface area contributed by atoms with E-state index >= 15 is 0 Å². The van der Waals surface area contributed by atoms with Gasteiger partial charge in [0.1, 0.15) is 0 Å². The van der Waals surface area contributed by atoms with Crippen LogP contribution in [0, 0.1) is 5.92 Å². The molecule has 0 bridgehead atoms. The molecule has 2 aliphatic rings. The van der Waals surface area contributed by atoms with Crippen molar-refractivity contribution in [3.05, 3.63) is 65.7 Å². The van der Waals surface area contributed by atoms with Gasteiger partial charge in [0, 0.05) is 24.7 Å². The van der Waals surface area contributed by atoms with Crippen LogP contribution in [0.3, 0.4) is 0 Å². The molecule has 2 aromatic rings. The van der Waals surface area contributed by atoms with E-state index in [1.807, 2.05) is 47.4 Å². The van der Waals surface area contributed by atoms with Gasteiger partial charge in [0.2, 0.25) is 11.8 Å². The van der Waals surface area contributed by atoms with E-state index in [0.717, 1.165) is 24.9 Å². The van der Waals surface area contributed by atoms with Crippen molar-refractivity contribution in [1.82, 2.24) is 4.90 Å². The van der Waals surface area contributed by atoms with Gasteiger partial charge in [-0.2, -0.15) is 0 Å². The van der Waals surface area contributed by atoms with Crippen LogP contribution in [0.25, 0.3) is 0 Å². The Labute approximate surface area is 147 Å². The summed E-state index contributed by atoms with van der Waals surface area (Å²) in [5, 5.41) is 2.97. The highest BCUT2D eigenvalue weighted by atomic mass is 16.2. The van der Waals surface area contributed by atoms with Crippen LogP contribution in [0.1, 0.15) is 29.9 Å². The summed E-state index contributed by atoms with van der Waals surface area (Å²) in [5.41, 5.74) is 3.30. The molecule has 128 valence electrons. The molecule has 1 aliphatic heterocycles. The van der Waals surface area contributed by atoms with Gasteiger partial charge in [-0.15, -0.1) is 0 Å². The molecule has 0 aromatic heterocycles. The van der Waals surface area contributed by atoms with E-state index < -0.39 is 0 Å². The molecule has 0 unspecified atom stereocenters. The van der Waals surface area contributed by atoms with Gasteiger partial charge < -0.3 is 10.2 Å². The molecule has 0 radical (unpaired) electrons. The van der Waals surface area contributed by atoms with Gasteiger partial charge in [-0.05, 0) is 42.5 Å². The number of nitrogens with zero attached hydrogens (tertiary/aromatic N) is 1. The molecular formula is C21H22N2O2. The van der Waals surface area contributed by atoms with Gasteiger partial charge in [-0.25, -0.2) is 0 Å². The third-order valence-corrected chi connectivity index (χ3v) is 5.37. The summed E-state index contributed by atoms with van der Waals surface area (Å²) in [6, 6.07) is 17.7. The number of hydrogen-bond donors (Lipinski definition) is 1. The summed E-state index contributed by atoms with van der Waals surface area (Å²) in [5.74, 6) is 0.289. The number of carbonyl (C=O) groups excluding carboxylic acids is 2. The molecule has 1 N–H and O–H groups in total. The lowest BCUT2D eigenvalue weighted by Crippen LogP contribution is -2.45. The van der Waals surface area contributed by atoms with Crippen LogP contribution in [0.5, 0.6) is 0 Å². The number of nitrogens with one attached hydrogen (secondary N) is 1. The molecule has 1 fully saturated rings. The molecule has 1 saturated heterocycles. The summed E-state index contributed by atoms with van der Waals surface area (Å²) in [6.45, 7) is 1.34. The zero-order valence-corrected chi connectivity index (χ0v) is 14.2. The van der Waals surface area contributed by atoms with Crippen molar-refractivity contribution < 1.29 is 9.59 Å². The summed E-state index contributed by atoms with van der Waals surface area (Å²) >= 11 is 0. The van der Waals surface area contributed by atoms with Gasteiger partial charge >= 0.3 is 0 Å². The van der Waals surface area contributed by atoms with E-state index in [1.165, 1.54) is 11.1 Å². The highest BCUT2D eigenvalue weighted by Crippen LogP contribution is 2.37. The van der Waals surface area contributed by atoms with Gasteiger partial charge in [-0.3, -0.25) is 9.59 Å². The topological polar surface area (TPSA) is 49.4 Å². The van der Waals surface area contributed by atoms with Crippen molar-refractivity contribution in [2.24, 2.45) is 5.92 Å². The summed E-state index contributed by atoms with van der Waals surface area (Å²) in [6.07, 6.45) is 2.32. The maximum Gasteiger partial charge on any atom is 0.230 e. The average Bonchev–Trinajstić information content (AvgIpc) is 2.63. The van der Waals surface area contributed by atoms with Crippen LogP contribution in [-0.4, -0.2) is 29.8 Å². The van der Waals surface area contributed by atoms with Crippen LogP contribution in [-0.2, 0) is 16.0 Å². The largest absolute Gasteiger partial charge is 0.342 e. The number of likely N-dealkylation sites (tertiary alicyclic amines) is 1. The minimum Gasteiger partial charge on any atom is -0.342 e. The highest BCUT2D eigenvalue weighted by Gasteiger charge is 2.36. The minimum atomic E-state index is -0.0158. The normalized spacial score (nSPS) is 19.7. The average molecular weight is 334 g/mol. The number of anilines is 1. The number of amides is 2. The van der Waals surface area contributed by atoms with Crippen molar-refractivity contribution in [2.75, 3.05) is 18.4 Å². The molecule has 4 nitrogen and oxygen atoms in total. The lowest BCUT2D eigenvalue weighted by atomic mass is 9.76. The number of rotatable bonds is 3. The van der Waals surface area contributed by atoms with E-state index in [1.54, 1.807) is 0 Å². The van der Waals surface area contributed by atoms with Crippen molar-refractivity contribution in [2.45, 2.75) is 25.2 Å². The fourth-order valence-corrected chi connectivity index (χ4v) is 3.83. The Morgan fingerprint density at radius 2 is 1.60 bits per heavy atom. The Bertz CT molecular complexity index is 779. The van der Waals surface area contributed by atoms with E-state index in [4.69, 9.17) is 0 Å². The predicted molar refractivity (Wildman–Crippen MR) is 97.3 cm³/mol.